The zero-order valence-corrected chi connectivity index (χ0v) is 18.8. The van der Waals surface area contributed by atoms with Crippen LogP contribution in [0.4, 0.5) is 5.13 Å². The first-order chi connectivity index (χ1) is 13.7. The Hall–Kier alpha value is -1.93. The van der Waals surface area contributed by atoms with Gasteiger partial charge in [-0.2, -0.15) is 0 Å². The highest BCUT2D eigenvalue weighted by molar-refractivity contribution is 7.92. The van der Waals surface area contributed by atoms with Crippen molar-refractivity contribution < 1.29 is 13.2 Å². The molecule has 0 radical (unpaired) electrons. The van der Waals surface area contributed by atoms with Crippen molar-refractivity contribution in [1.82, 2.24) is 4.98 Å². The number of hydrogen-bond donors (Lipinski definition) is 1. The van der Waals surface area contributed by atoms with Gasteiger partial charge in [-0.1, -0.05) is 41.4 Å². The fourth-order valence-corrected chi connectivity index (χ4v) is 4.63. The van der Waals surface area contributed by atoms with Gasteiger partial charge in [0.2, 0.25) is 5.91 Å². The van der Waals surface area contributed by atoms with Gasteiger partial charge in [-0.25, -0.2) is 13.4 Å². The van der Waals surface area contributed by atoms with Gasteiger partial charge in [0.15, 0.2) is 15.0 Å². The number of thiazole rings is 1. The van der Waals surface area contributed by atoms with Crippen LogP contribution in [0.5, 0.6) is 0 Å². The van der Waals surface area contributed by atoms with E-state index in [4.69, 9.17) is 23.2 Å². The van der Waals surface area contributed by atoms with Crippen LogP contribution in [0.25, 0.3) is 11.3 Å². The highest BCUT2D eigenvalue weighted by atomic mass is 35.5. The van der Waals surface area contributed by atoms with Crippen molar-refractivity contribution in [1.29, 1.82) is 0 Å². The number of carbonyl (C=O) groups is 1. The van der Waals surface area contributed by atoms with E-state index in [1.165, 1.54) is 23.5 Å². The van der Waals surface area contributed by atoms with Crippen LogP contribution in [0.2, 0.25) is 10.0 Å². The lowest BCUT2D eigenvalue weighted by Crippen LogP contribution is -2.15. The minimum atomic E-state index is -3.33. The molecule has 3 aromatic rings. The maximum Gasteiger partial charge on any atom is 0.230 e. The second-order valence-electron chi connectivity index (χ2n) is 6.63. The molecule has 0 atom stereocenters. The number of hydrogen-bond acceptors (Lipinski definition) is 5. The Morgan fingerprint density at radius 2 is 1.79 bits per heavy atom. The standard InChI is InChI=1S/C20H18Cl2N2O3S2/c1-12(2)29(26,27)15-6-3-13(4-7-15)9-19(25)24-20-23-18(11-28-20)14-5-8-16(21)17(22)10-14/h3-8,10-12H,9H2,1-2H3,(H,23,24,25). The predicted molar refractivity (Wildman–Crippen MR) is 119 cm³/mol. The van der Waals surface area contributed by atoms with E-state index in [9.17, 15) is 13.2 Å². The maximum absolute atomic E-state index is 12.3. The Kier molecular flexibility index (Phi) is 6.63. The van der Waals surface area contributed by atoms with E-state index < -0.39 is 15.1 Å². The van der Waals surface area contributed by atoms with Crippen LogP contribution >= 0.6 is 34.5 Å². The third-order valence-corrected chi connectivity index (χ3v) is 7.87. The number of nitrogens with zero attached hydrogens (tertiary/aromatic N) is 1. The van der Waals surface area contributed by atoms with Crippen LogP contribution in [-0.2, 0) is 21.1 Å². The average molecular weight is 469 g/mol. The Balaban J connectivity index is 1.66. The number of benzene rings is 2. The number of halogens is 2. The van der Waals surface area contributed by atoms with Crippen molar-refractivity contribution in [2.75, 3.05) is 5.32 Å². The molecule has 29 heavy (non-hydrogen) atoms. The van der Waals surface area contributed by atoms with E-state index in [0.29, 0.717) is 26.4 Å². The minimum absolute atomic E-state index is 0.115. The normalized spacial score (nSPS) is 11.6. The van der Waals surface area contributed by atoms with Crippen LogP contribution in [0.1, 0.15) is 19.4 Å². The molecule has 1 heterocycles. The summed E-state index contributed by atoms with van der Waals surface area (Å²) >= 11 is 13.3. The van der Waals surface area contributed by atoms with Gasteiger partial charge in [0, 0.05) is 10.9 Å². The summed E-state index contributed by atoms with van der Waals surface area (Å²) in [5.74, 6) is -0.237. The van der Waals surface area contributed by atoms with Gasteiger partial charge in [0.05, 0.1) is 32.3 Å². The molecular formula is C20H18Cl2N2O3S2. The minimum Gasteiger partial charge on any atom is -0.302 e. The molecule has 152 valence electrons. The first-order valence-electron chi connectivity index (χ1n) is 8.70. The fourth-order valence-electron chi connectivity index (χ4n) is 2.54. The lowest BCUT2D eigenvalue weighted by Gasteiger charge is -2.08. The molecule has 2 aromatic carbocycles. The van der Waals surface area contributed by atoms with Crippen LogP contribution in [0, 0.1) is 0 Å². The van der Waals surface area contributed by atoms with Crippen molar-refractivity contribution >= 4 is 55.4 Å². The quantitative estimate of drug-likeness (QED) is 0.519. The largest absolute Gasteiger partial charge is 0.302 e. The van der Waals surface area contributed by atoms with Crippen molar-refractivity contribution in [2.24, 2.45) is 0 Å². The third-order valence-electron chi connectivity index (χ3n) is 4.20. The average Bonchev–Trinajstić information content (AvgIpc) is 3.12. The van der Waals surface area contributed by atoms with E-state index in [-0.39, 0.29) is 17.2 Å². The van der Waals surface area contributed by atoms with Crippen molar-refractivity contribution in [2.45, 2.75) is 30.4 Å². The number of carbonyl (C=O) groups excluding carboxylic acids is 1. The van der Waals surface area contributed by atoms with Gasteiger partial charge in [-0.15, -0.1) is 11.3 Å². The molecule has 9 heteroatoms. The van der Waals surface area contributed by atoms with Crippen LogP contribution < -0.4 is 5.32 Å². The van der Waals surface area contributed by atoms with E-state index in [0.717, 1.165) is 5.56 Å². The zero-order valence-electron chi connectivity index (χ0n) is 15.6. The zero-order chi connectivity index (χ0) is 21.2. The summed E-state index contributed by atoms with van der Waals surface area (Å²) in [6.07, 6.45) is 0.115. The van der Waals surface area contributed by atoms with Gasteiger partial charge in [-0.05, 0) is 43.7 Å². The first-order valence-corrected chi connectivity index (χ1v) is 11.9. The Morgan fingerprint density at radius 3 is 2.41 bits per heavy atom. The summed E-state index contributed by atoms with van der Waals surface area (Å²) in [6.45, 7) is 3.27. The molecule has 0 fully saturated rings. The lowest BCUT2D eigenvalue weighted by atomic mass is 10.1. The molecule has 3 rings (SSSR count). The monoisotopic (exact) mass is 468 g/mol. The van der Waals surface area contributed by atoms with Gasteiger partial charge in [0.1, 0.15) is 0 Å². The molecule has 0 spiro atoms. The molecule has 1 amide bonds. The van der Waals surface area contributed by atoms with E-state index in [1.54, 1.807) is 38.1 Å². The molecule has 5 nitrogen and oxygen atoms in total. The second-order valence-corrected chi connectivity index (χ2v) is 10.8. The fraction of sp³-hybridized carbons (Fsp3) is 0.200. The summed E-state index contributed by atoms with van der Waals surface area (Å²) in [4.78, 5) is 17.0. The maximum atomic E-state index is 12.3. The number of anilines is 1. The number of nitrogens with one attached hydrogen (secondary N) is 1. The van der Waals surface area contributed by atoms with E-state index >= 15 is 0 Å². The third kappa shape index (κ3) is 5.17. The summed E-state index contributed by atoms with van der Waals surface area (Å²) in [5.41, 5.74) is 2.21. The van der Waals surface area contributed by atoms with E-state index in [2.05, 4.69) is 10.3 Å². The van der Waals surface area contributed by atoms with Crippen LogP contribution in [0.15, 0.2) is 52.7 Å². The molecule has 0 saturated heterocycles. The number of amides is 1. The number of sulfone groups is 1. The van der Waals surface area contributed by atoms with Crippen LogP contribution in [0.3, 0.4) is 0 Å². The predicted octanol–water partition coefficient (Wildman–Crippen LogP) is 5.48. The first kappa shape index (κ1) is 21.8. The Labute approximate surface area is 183 Å². The highest BCUT2D eigenvalue weighted by Crippen LogP contribution is 2.30. The molecule has 0 bridgehead atoms. The summed E-state index contributed by atoms with van der Waals surface area (Å²) in [7, 11) is -3.33. The Morgan fingerprint density at radius 1 is 1.10 bits per heavy atom. The Bertz CT molecular complexity index is 1140. The lowest BCUT2D eigenvalue weighted by molar-refractivity contribution is -0.115. The van der Waals surface area contributed by atoms with Gasteiger partial charge >= 0.3 is 0 Å². The van der Waals surface area contributed by atoms with Gasteiger partial charge in [-0.3, -0.25) is 4.79 Å². The molecule has 1 N–H and O–H groups in total. The van der Waals surface area contributed by atoms with Crippen molar-refractivity contribution in [3.63, 3.8) is 0 Å². The highest BCUT2D eigenvalue weighted by Gasteiger charge is 2.19. The molecule has 0 aliphatic carbocycles. The summed E-state index contributed by atoms with van der Waals surface area (Å²) < 4.78 is 24.3. The summed E-state index contributed by atoms with van der Waals surface area (Å²) in [6, 6.07) is 11.6. The smallest absolute Gasteiger partial charge is 0.230 e. The molecule has 0 saturated carbocycles. The van der Waals surface area contributed by atoms with Crippen molar-refractivity contribution in [3.8, 4) is 11.3 Å². The van der Waals surface area contributed by atoms with Gasteiger partial charge < -0.3 is 5.32 Å². The molecular weight excluding hydrogens is 451 g/mol. The molecule has 0 aliphatic heterocycles. The molecule has 0 unspecified atom stereocenters. The number of rotatable bonds is 6. The van der Waals surface area contributed by atoms with E-state index in [1.807, 2.05) is 11.4 Å². The molecule has 1 aromatic heterocycles. The topological polar surface area (TPSA) is 76.1 Å². The van der Waals surface area contributed by atoms with Crippen LogP contribution in [-0.4, -0.2) is 24.6 Å². The molecule has 0 aliphatic rings. The number of aromatic nitrogens is 1. The summed E-state index contributed by atoms with van der Waals surface area (Å²) in [5, 5.41) is 5.45. The SMILES string of the molecule is CC(C)S(=O)(=O)c1ccc(CC(=O)Nc2nc(-c3ccc(Cl)c(Cl)c3)cs2)cc1. The van der Waals surface area contributed by atoms with Gasteiger partial charge in [0.25, 0.3) is 0 Å². The van der Waals surface area contributed by atoms with Crippen molar-refractivity contribution in [3.05, 3.63) is 63.5 Å². The second kappa shape index (κ2) is 8.83.